The van der Waals surface area contributed by atoms with Gasteiger partial charge in [-0.15, -0.1) is 0 Å². The predicted octanol–water partition coefficient (Wildman–Crippen LogP) is 1.26. The highest BCUT2D eigenvalue weighted by molar-refractivity contribution is 5.84. The Morgan fingerprint density at radius 1 is 1.35 bits per heavy atom. The van der Waals surface area contributed by atoms with Crippen LogP contribution in [-0.2, 0) is 18.4 Å². The van der Waals surface area contributed by atoms with Gasteiger partial charge in [-0.25, -0.2) is 9.97 Å². The van der Waals surface area contributed by atoms with E-state index < -0.39 is 0 Å². The molecule has 0 bridgehead atoms. The third-order valence-corrected chi connectivity index (χ3v) is 2.30. The van der Waals surface area contributed by atoms with Crippen molar-refractivity contribution < 1.29 is 4.74 Å². The zero-order valence-corrected chi connectivity index (χ0v) is 10.6. The molecule has 0 amide bonds. The molecule has 0 aliphatic carbocycles. The van der Waals surface area contributed by atoms with E-state index in [1.54, 1.807) is 10.9 Å². The van der Waals surface area contributed by atoms with E-state index in [0.29, 0.717) is 18.2 Å². The number of hydrogen-bond donors (Lipinski definition) is 1. The van der Waals surface area contributed by atoms with Gasteiger partial charge in [-0.3, -0.25) is 4.68 Å². The number of fused-ring (bicyclic) bond motifs is 1. The number of aryl methyl sites for hydroxylation is 1. The summed E-state index contributed by atoms with van der Waals surface area (Å²) in [4.78, 5) is 8.59. The Labute approximate surface area is 99.8 Å². The molecule has 2 aromatic rings. The van der Waals surface area contributed by atoms with Gasteiger partial charge in [0.2, 0.25) is 0 Å². The quantitative estimate of drug-likeness (QED) is 0.847. The molecule has 2 N–H and O–H groups in total. The molecule has 92 valence electrons. The van der Waals surface area contributed by atoms with Gasteiger partial charge < -0.3 is 10.5 Å². The smallest absolute Gasteiger partial charge is 0.163 e. The molecule has 0 atom stereocenters. The minimum atomic E-state index is -0.223. The highest BCUT2D eigenvalue weighted by atomic mass is 16.5. The van der Waals surface area contributed by atoms with E-state index in [9.17, 15) is 0 Å². The SMILES string of the molecule is Cn1ncc2c(N)nc(COC(C)(C)C)nc21. The second kappa shape index (κ2) is 3.96. The summed E-state index contributed by atoms with van der Waals surface area (Å²) in [5, 5.41) is 4.87. The fourth-order valence-electron chi connectivity index (χ4n) is 1.44. The van der Waals surface area contributed by atoms with E-state index in [-0.39, 0.29) is 5.60 Å². The number of anilines is 1. The van der Waals surface area contributed by atoms with Gasteiger partial charge in [-0.2, -0.15) is 5.10 Å². The van der Waals surface area contributed by atoms with Crippen molar-refractivity contribution >= 4 is 16.9 Å². The third kappa shape index (κ3) is 2.52. The van der Waals surface area contributed by atoms with Crippen molar-refractivity contribution in [1.29, 1.82) is 0 Å². The standard InChI is InChI=1S/C11H17N5O/c1-11(2,3)17-6-8-14-9(12)7-5-13-16(4)10(7)15-8/h5H,6H2,1-4H3,(H2,12,14,15). The summed E-state index contributed by atoms with van der Waals surface area (Å²) < 4.78 is 7.30. The second-order valence-electron chi connectivity index (χ2n) is 4.93. The number of aromatic nitrogens is 4. The Morgan fingerprint density at radius 2 is 2.06 bits per heavy atom. The zero-order valence-electron chi connectivity index (χ0n) is 10.6. The van der Waals surface area contributed by atoms with Crippen LogP contribution in [0.4, 0.5) is 5.82 Å². The van der Waals surface area contributed by atoms with Crippen LogP contribution in [-0.4, -0.2) is 25.3 Å². The van der Waals surface area contributed by atoms with Crippen LogP contribution in [0.25, 0.3) is 11.0 Å². The number of nitrogens with two attached hydrogens (primary N) is 1. The summed E-state index contributed by atoms with van der Waals surface area (Å²) in [6, 6.07) is 0. The van der Waals surface area contributed by atoms with Gasteiger partial charge in [0.05, 0.1) is 17.2 Å². The van der Waals surface area contributed by atoms with Crippen LogP contribution < -0.4 is 5.73 Å². The lowest BCUT2D eigenvalue weighted by Crippen LogP contribution is -2.19. The van der Waals surface area contributed by atoms with Crippen LogP contribution in [0.5, 0.6) is 0 Å². The molecule has 0 aliphatic heterocycles. The first kappa shape index (κ1) is 11.8. The molecule has 2 rings (SSSR count). The third-order valence-electron chi connectivity index (χ3n) is 2.30. The highest BCUT2D eigenvalue weighted by Gasteiger charge is 2.13. The molecule has 2 heterocycles. The Hall–Kier alpha value is -1.69. The summed E-state index contributed by atoms with van der Waals surface area (Å²) in [7, 11) is 1.82. The van der Waals surface area contributed by atoms with Crippen LogP contribution in [0.15, 0.2) is 6.20 Å². The average Bonchev–Trinajstić information content (AvgIpc) is 2.57. The summed E-state index contributed by atoms with van der Waals surface area (Å²) in [5.74, 6) is 1.02. The van der Waals surface area contributed by atoms with E-state index in [4.69, 9.17) is 10.5 Å². The number of nitrogen functional groups attached to an aromatic ring is 1. The molecular formula is C11H17N5O. The van der Waals surface area contributed by atoms with Crippen LogP contribution in [0.3, 0.4) is 0 Å². The molecule has 6 heteroatoms. The van der Waals surface area contributed by atoms with Crippen molar-refractivity contribution in [2.24, 2.45) is 7.05 Å². The molecule has 0 aliphatic rings. The lowest BCUT2D eigenvalue weighted by Gasteiger charge is -2.18. The summed E-state index contributed by atoms with van der Waals surface area (Å²) in [6.45, 7) is 6.30. The maximum atomic E-state index is 5.85. The number of nitrogens with zero attached hydrogens (tertiary/aromatic N) is 4. The maximum absolute atomic E-state index is 5.85. The van der Waals surface area contributed by atoms with Crippen LogP contribution in [0, 0.1) is 0 Å². The molecule has 2 aromatic heterocycles. The molecule has 6 nitrogen and oxygen atoms in total. The summed E-state index contributed by atoms with van der Waals surface area (Å²) in [5.41, 5.74) is 6.35. The molecule has 17 heavy (non-hydrogen) atoms. The largest absolute Gasteiger partial charge is 0.383 e. The molecule has 0 saturated carbocycles. The second-order valence-corrected chi connectivity index (χ2v) is 4.93. The summed E-state index contributed by atoms with van der Waals surface area (Å²) in [6.07, 6.45) is 1.67. The normalized spacial score (nSPS) is 12.2. The lowest BCUT2D eigenvalue weighted by molar-refractivity contribution is -0.0179. The van der Waals surface area contributed by atoms with Crippen molar-refractivity contribution in [3.63, 3.8) is 0 Å². The molecule has 0 radical (unpaired) electrons. The summed E-state index contributed by atoms with van der Waals surface area (Å²) >= 11 is 0. The zero-order chi connectivity index (χ0) is 12.6. The van der Waals surface area contributed by atoms with Gasteiger partial charge in [-0.1, -0.05) is 0 Å². The van der Waals surface area contributed by atoms with E-state index in [0.717, 1.165) is 11.0 Å². The van der Waals surface area contributed by atoms with Gasteiger partial charge in [0, 0.05) is 7.05 Å². The Kier molecular flexibility index (Phi) is 2.74. The fraction of sp³-hybridized carbons (Fsp3) is 0.545. The Morgan fingerprint density at radius 3 is 2.71 bits per heavy atom. The van der Waals surface area contributed by atoms with Gasteiger partial charge in [0.25, 0.3) is 0 Å². The minimum absolute atomic E-state index is 0.223. The number of rotatable bonds is 2. The first-order valence-corrected chi connectivity index (χ1v) is 5.45. The van der Waals surface area contributed by atoms with Crippen molar-refractivity contribution in [1.82, 2.24) is 19.7 Å². The van der Waals surface area contributed by atoms with E-state index in [1.165, 1.54) is 0 Å². The van der Waals surface area contributed by atoms with E-state index in [1.807, 2.05) is 27.8 Å². The van der Waals surface area contributed by atoms with Gasteiger partial charge in [-0.05, 0) is 20.8 Å². The molecule has 0 aromatic carbocycles. The van der Waals surface area contributed by atoms with Crippen LogP contribution in [0.1, 0.15) is 26.6 Å². The monoisotopic (exact) mass is 235 g/mol. The molecular weight excluding hydrogens is 218 g/mol. The fourth-order valence-corrected chi connectivity index (χ4v) is 1.44. The van der Waals surface area contributed by atoms with Crippen molar-refractivity contribution in [2.75, 3.05) is 5.73 Å². The molecule has 0 unspecified atom stereocenters. The number of hydrogen-bond acceptors (Lipinski definition) is 5. The van der Waals surface area contributed by atoms with Gasteiger partial charge >= 0.3 is 0 Å². The van der Waals surface area contributed by atoms with E-state index in [2.05, 4.69) is 15.1 Å². The van der Waals surface area contributed by atoms with Crippen molar-refractivity contribution in [3.8, 4) is 0 Å². The lowest BCUT2D eigenvalue weighted by atomic mass is 10.2. The maximum Gasteiger partial charge on any atom is 0.163 e. The highest BCUT2D eigenvalue weighted by Crippen LogP contribution is 2.17. The van der Waals surface area contributed by atoms with Crippen molar-refractivity contribution in [3.05, 3.63) is 12.0 Å². The van der Waals surface area contributed by atoms with E-state index >= 15 is 0 Å². The molecule has 0 saturated heterocycles. The van der Waals surface area contributed by atoms with Crippen molar-refractivity contribution in [2.45, 2.75) is 33.0 Å². The van der Waals surface area contributed by atoms with Crippen LogP contribution >= 0.6 is 0 Å². The minimum Gasteiger partial charge on any atom is -0.383 e. The Balaban J connectivity index is 2.33. The average molecular weight is 235 g/mol. The topological polar surface area (TPSA) is 78.9 Å². The molecule has 0 fully saturated rings. The molecule has 0 spiro atoms. The first-order chi connectivity index (χ1) is 7.87. The predicted molar refractivity (Wildman–Crippen MR) is 65.3 cm³/mol. The van der Waals surface area contributed by atoms with Crippen LogP contribution in [0.2, 0.25) is 0 Å². The van der Waals surface area contributed by atoms with Gasteiger partial charge in [0.15, 0.2) is 11.5 Å². The first-order valence-electron chi connectivity index (χ1n) is 5.45. The Bertz CT molecular complexity index is 541. The number of ether oxygens (including phenoxy) is 1. The van der Waals surface area contributed by atoms with Gasteiger partial charge in [0.1, 0.15) is 12.4 Å².